The molecule has 1 amide bonds. The molecule has 4 aromatic rings. The highest BCUT2D eigenvalue weighted by atomic mass is 16.5. The Bertz CT molecular complexity index is 1230. The van der Waals surface area contributed by atoms with Crippen molar-refractivity contribution < 1.29 is 9.53 Å². The average Bonchev–Trinajstić information content (AvgIpc) is 2.77. The lowest BCUT2D eigenvalue weighted by Gasteiger charge is -2.09. The molecule has 30 heavy (non-hydrogen) atoms. The number of H-pyrrole nitrogens is 1. The molecular weight excluding hydrogens is 376 g/mol. The number of nitrogens with one attached hydrogen (secondary N) is 2. The predicted molar refractivity (Wildman–Crippen MR) is 119 cm³/mol. The van der Waals surface area contributed by atoms with Gasteiger partial charge in [-0.15, -0.1) is 0 Å². The van der Waals surface area contributed by atoms with Crippen molar-refractivity contribution in [1.29, 1.82) is 0 Å². The van der Waals surface area contributed by atoms with E-state index in [1.54, 1.807) is 0 Å². The molecular formula is C25H22N2O3. The van der Waals surface area contributed by atoms with Crippen LogP contribution in [0.3, 0.4) is 0 Å². The fraction of sp³-hybridized carbons (Fsp3) is 0.120. The van der Waals surface area contributed by atoms with Crippen LogP contribution in [-0.4, -0.2) is 17.5 Å². The standard InChI is InChI=1S/C25H22N2O3/c1-17-7-12-23-20(13-17)14-21(25(29)27-23)15-26-24(28)16-30-22-10-8-19(9-11-22)18-5-3-2-4-6-18/h2-14H,15-16H2,1H3,(H,26,28)(H,27,29). The molecule has 1 heterocycles. The first-order valence-electron chi connectivity index (χ1n) is 9.76. The zero-order chi connectivity index (χ0) is 20.9. The lowest BCUT2D eigenvalue weighted by atomic mass is 10.1. The van der Waals surface area contributed by atoms with Gasteiger partial charge >= 0.3 is 0 Å². The third kappa shape index (κ3) is 4.58. The van der Waals surface area contributed by atoms with Crippen LogP contribution in [0.5, 0.6) is 5.75 Å². The summed E-state index contributed by atoms with van der Waals surface area (Å²) >= 11 is 0. The Hall–Kier alpha value is -3.86. The first-order chi connectivity index (χ1) is 14.6. The Morgan fingerprint density at radius 2 is 1.67 bits per heavy atom. The Kier molecular flexibility index (Phi) is 5.61. The Balaban J connectivity index is 1.34. The zero-order valence-corrected chi connectivity index (χ0v) is 16.6. The second-order valence-corrected chi connectivity index (χ2v) is 7.17. The molecule has 1 aromatic heterocycles. The van der Waals surface area contributed by atoms with Gasteiger partial charge in [-0.1, -0.05) is 54.1 Å². The van der Waals surface area contributed by atoms with Crippen molar-refractivity contribution in [3.05, 3.63) is 100 Å². The molecule has 150 valence electrons. The number of aromatic amines is 1. The smallest absolute Gasteiger partial charge is 0.258 e. The molecule has 0 atom stereocenters. The minimum Gasteiger partial charge on any atom is -0.484 e. The molecule has 0 aliphatic rings. The van der Waals surface area contributed by atoms with Crippen molar-refractivity contribution >= 4 is 16.8 Å². The van der Waals surface area contributed by atoms with Gasteiger partial charge in [0, 0.05) is 17.6 Å². The van der Waals surface area contributed by atoms with Gasteiger partial charge in [-0.3, -0.25) is 9.59 Å². The van der Waals surface area contributed by atoms with Crippen molar-refractivity contribution in [2.24, 2.45) is 0 Å². The van der Waals surface area contributed by atoms with Crippen LogP contribution in [0.1, 0.15) is 11.1 Å². The van der Waals surface area contributed by atoms with E-state index in [1.807, 2.05) is 85.8 Å². The number of carbonyl (C=O) groups excluding carboxylic acids is 1. The predicted octanol–water partition coefficient (Wildman–Crippen LogP) is 4.20. The lowest BCUT2D eigenvalue weighted by Crippen LogP contribution is -2.30. The quantitative estimate of drug-likeness (QED) is 0.511. The van der Waals surface area contributed by atoms with Crippen LogP contribution in [0, 0.1) is 6.92 Å². The summed E-state index contributed by atoms with van der Waals surface area (Å²) in [6, 6.07) is 25.3. The Labute approximate surface area is 174 Å². The van der Waals surface area contributed by atoms with E-state index < -0.39 is 0 Å². The van der Waals surface area contributed by atoms with Gasteiger partial charge in [0.05, 0.1) is 0 Å². The van der Waals surface area contributed by atoms with Crippen LogP contribution < -0.4 is 15.6 Å². The molecule has 0 spiro atoms. The van der Waals surface area contributed by atoms with Crippen LogP contribution in [0.25, 0.3) is 22.0 Å². The first-order valence-corrected chi connectivity index (χ1v) is 9.76. The summed E-state index contributed by atoms with van der Waals surface area (Å²) in [5.41, 5.74) is 4.40. The molecule has 3 aromatic carbocycles. The molecule has 0 bridgehead atoms. The van der Waals surface area contributed by atoms with Gasteiger partial charge in [-0.05, 0) is 53.8 Å². The highest BCUT2D eigenvalue weighted by Gasteiger charge is 2.07. The fourth-order valence-electron chi connectivity index (χ4n) is 3.27. The normalized spacial score (nSPS) is 10.7. The van der Waals surface area contributed by atoms with Crippen molar-refractivity contribution in [2.75, 3.05) is 6.61 Å². The summed E-state index contributed by atoms with van der Waals surface area (Å²) < 4.78 is 5.57. The number of hydrogen-bond donors (Lipinski definition) is 2. The molecule has 0 aliphatic carbocycles. The lowest BCUT2D eigenvalue weighted by molar-refractivity contribution is -0.123. The summed E-state index contributed by atoms with van der Waals surface area (Å²) in [5, 5.41) is 3.68. The van der Waals surface area contributed by atoms with Gasteiger partial charge in [0.1, 0.15) is 5.75 Å². The zero-order valence-electron chi connectivity index (χ0n) is 16.6. The van der Waals surface area contributed by atoms with E-state index in [1.165, 1.54) is 0 Å². The number of amides is 1. The molecule has 5 heteroatoms. The Morgan fingerprint density at radius 1 is 0.933 bits per heavy atom. The topological polar surface area (TPSA) is 71.2 Å². The van der Waals surface area contributed by atoms with Crippen LogP contribution in [0.4, 0.5) is 0 Å². The molecule has 0 aliphatic heterocycles. The number of hydrogen-bond acceptors (Lipinski definition) is 3. The summed E-state index contributed by atoms with van der Waals surface area (Å²) in [7, 11) is 0. The van der Waals surface area contributed by atoms with Crippen LogP contribution in [-0.2, 0) is 11.3 Å². The Morgan fingerprint density at radius 3 is 2.43 bits per heavy atom. The number of aryl methyl sites for hydroxylation is 1. The molecule has 4 rings (SSSR count). The van der Waals surface area contributed by atoms with E-state index in [-0.39, 0.29) is 24.6 Å². The third-order valence-corrected chi connectivity index (χ3v) is 4.88. The molecule has 0 saturated carbocycles. The van der Waals surface area contributed by atoms with E-state index in [9.17, 15) is 9.59 Å². The maximum Gasteiger partial charge on any atom is 0.258 e. The second kappa shape index (κ2) is 8.66. The van der Waals surface area contributed by atoms with Crippen LogP contribution >= 0.6 is 0 Å². The highest BCUT2D eigenvalue weighted by molar-refractivity contribution is 5.80. The summed E-state index contributed by atoms with van der Waals surface area (Å²) in [6.45, 7) is 2.03. The number of rotatable bonds is 6. The maximum atomic E-state index is 12.2. The van der Waals surface area contributed by atoms with Crippen molar-refractivity contribution in [1.82, 2.24) is 10.3 Å². The van der Waals surface area contributed by atoms with E-state index in [4.69, 9.17) is 4.74 Å². The van der Waals surface area contributed by atoms with Gasteiger partial charge in [-0.2, -0.15) is 0 Å². The van der Waals surface area contributed by atoms with Crippen molar-refractivity contribution in [3.8, 4) is 16.9 Å². The molecule has 0 radical (unpaired) electrons. The summed E-state index contributed by atoms with van der Waals surface area (Å²) in [6.07, 6.45) is 0. The van der Waals surface area contributed by atoms with Crippen molar-refractivity contribution in [3.63, 3.8) is 0 Å². The largest absolute Gasteiger partial charge is 0.484 e. The van der Waals surface area contributed by atoms with Crippen molar-refractivity contribution in [2.45, 2.75) is 13.5 Å². The number of benzene rings is 3. The molecule has 0 fully saturated rings. The fourth-order valence-corrected chi connectivity index (χ4v) is 3.27. The number of pyridine rings is 1. The third-order valence-electron chi connectivity index (χ3n) is 4.88. The summed E-state index contributed by atoms with van der Waals surface area (Å²) in [4.78, 5) is 27.2. The van der Waals surface area contributed by atoms with E-state index in [0.29, 0.717) is 11.3 Å². The van der Waals surface area contributed by atoms with Gasteiger partial charge in [0.25, 0.3) is 11.5 Å². The van der Waals surface area contributed by atoms with Gasteiger partial charge in [0.2, 0.25) is 0 Å². The monoisotopic (exact) mass is 398 g/mol. The SMILES string of the molecule is Cc1ccc2[nH]c(=O)c(CNC(=O)COc3ccc(-c4ccccc4)cc3)cc2c1. The number of aromatic nitrogens is 1. The van der Waals surface area contributed by atoms with E-state index >= 15 is 0 Å². The number of carbonyl (C=O) groups is 1. The average molecular weight is 398 g/mol. The van der Waals surface area contributed by atoms with Gasteiger partial charge in [-0.25, -0.2) is 0 Å². The molecule has 0 unspecified atom stereocenters. The maximum absolute atomic E-state index is 12.2. The minimum atomic E-state index is -0.286. The molecule has 5 nitrogen and oxygen atoms in total. The summed E-state index contributed by atoms with van der Waals surface area (Å²) in [5.74, 6) is 0.328. The van der Waals surface area contributed by atoms with Crippen LogP contribution in [0.2, 0.25) is 0 Å². The molecule has 2 N–H and O–H groups in total. The number of ether oxygens (including phenoxy) is 1. The number of fused-ring (bicyclic) bond motifs is 1. The van der Waals surface area contributed by atoms with E-state index in [2.05, 4.69) is 10.3 Å². The van der Waals surface area contributed by atoms with E-state index in [0.717, 1.165) is 27.6 Å². The minimum absolute atomic E-state index is 0.116. The first kappa shape index (κ1) is 19.5. The molecule has 0 saturated heterocycles. The second-order valence-electron chi connectivity index (χ2n) is 7.17. The van der Waals surface area contributed by atoms with Gasteiger partial charge < -0.3 is 15.0 Å². The van der Waals surface area contributed by atoms with Crippen LogP contribution in [0.15, 0.2) is 83.7 Å². The highest BCUT2D eigenvalue weighted by Crippen LogP contribution is 2.22. The van der Waals surface area contributed by atoms with Gasteiger partial charge in [0.15, 0.2) is 6.61 Å².